The normalized spacial score (nSPS) is 12.9. The first-order valence-corrected chi connectivity index (χ1v) is 5.11. The van der Waals surface area contributed by atoms with E-state index in [1.807, 2.05) is 13.8 Å². The Balaban J connectivity index is 4.04. The van der Waals surface area contributed by atoms with Gasteiger partial charge in [-0.25, -0.2) is 0 Å². The van der Waals surface area contributed by atoms with Crippen molar-refractivity contribution in [3.63, 3.8) is 0 Å². The third-order valence-electron chi connectivity index (χ3n) is 2.41. The number of primary amides is 1. The molecule has 1 amide bonds. The van der Waals surface area contributed by atoms with E-state index in [0.717, 1.165) is 6.42 Å². The molecule has 0 aromatic carbocycles. The number of hydrogen-bond donors (Lipinski definition) is 1. The molecule has 84 valence electrons. The Morgan fingerprint density at radius 3 is 2.14 bits per heavy atom. The number of carbonyl (C=O) groups is 1. The van der Waals surface area contributed by atoms with Crippen LogP contribution in [0.3, 0.4) is 0 Å². The van der Waals surface area contributed by atoms with Crippen LogP contribution < -0.4 is 5.73 Å². The molecule has 0 aliphatic carbocycles. The zero-order valence-corrected chi connectivity index (χ0v) is 10.0. The molecule has 0 aliphatic heterocycles. The lowest BCUT2D eigenvalue weighted by Crippen LogP contribution is -2.34. The van der Waals surface area contributed by atoms with Gasteiger partial charge in [0.25, 0.3) is 0 Å². The van der Waals surface area contributed by atoms with Crippen molar-refractivity contribution >= 4 is 5.91 Å². The smallest absolute Gasteiger partial charge is 0.220 e. The first-order valence-electron chi connectivity index (χ1n) is 5.11. The van der Waals surface area contributed by atoms with Gasteiger partial charge < -0.3 is 10.5 Å². The third kappa shape index (κ3) is 5.97. The average molecular weight is 201 g/mol. The van der Waals surface area contributed by atoms with E-state index in [2.05, 4.69) is 20.8 Å². The first-order chi connectivity index (χ1) is 6.18. The van der Waals surface area contributed by atoms with Gasteiger partial charge in [-0.3, -0.25) is 4.79 Å². The largest absolute Gasteiger partial charge is 0.374 e. The highest BCUT2D eigenvalue weighted by atomic mass is 16.5. The zero-order chi connectivity index (χ0) is 11.4. The van der Waals surface area contributed by atoms with Gasteiger partial charge in [0.05, 0.1) is 18.6 Å². The van der Waals surface area contributed by atoms with Crippen molar-refractivity contribution in [2.45, 2.75) is 53.1 Å². The minimum absolute atomic E-state index is 0.162. The molecule has 0 saturated heterocycles. The average Bonchev–Trinajstić information content (AvgIpc) is 1.99. The van der Waals surface area contributed by atoms with Crippen molar-refractivity contribution in [1.82, 2.24) is 0 Å². The summed E-state index contributed by atoms with van der Waals surface area (Å²) in [7, 11) is 0. The predicted octanol–water partition coefficient (Wildman–Crippen LogP) is 2.09. The van der Waals surface area contributed by atoms with Crippen LogP contribution in [0.5, 0.6) is 0 Å². The summed E-state index contributed by atoms with van der Waals surface area (Å²) in [6.07, 6.45) is 1.33. The summed E-state index contributed by atoms with van der Waals surface area (Å²) >= 11 is 0. The van der Waals surface area contributed by atoms with Gasteiger partial charge in [0.2, 0.25) is 5.91 Å². The van der Waals surface area contributed by atoms with E-state index >= 15 is 0 Å². The molecule has 2 N–H and O–H groups in total. The van der Waals surface area contributed by atoms with Crippen LogP contribution in [0.2, 0.25) is 0 Å². The second-order valence-corrected chi connectivity index (χ2v) is 5.21. The maximum absolute atomic E-state index is 10.8. The van der Waals surface area contributed by atoms with Crippen molar-refractivity contribution in [1.29, 1.82) is 0 Å². The van der Waals surface area contributed by atoms with Crippen LogP contribution >= 0.6 is 0 Å². The lowest BCUT2D eigenvalue weighted by molar-refractivity contribution is -0.126. The molecule has 0 bridgehead atoms. The molecule has 3 heteroatoms. The number of rotatable bonds is 6. The number of ether oxygens (including phenoxy) is 1. The van der Waals surface area contributed by atoms with Crippen molar-refractivity contribution < 1.29 is 9.53 Å². The summed E-state index contributed by atoms with van der Waals surface area (Å²) < 4.78 is 5.70. The third-order valence-corrected chi connectivity index (χ3v) is 2.41. The SMILES string of the molecule is CCC(C)(C)COC(C)(C)CC(N)=O. The van der Waals surface area contributed by atoms with Crippen molar-refractivity contribution in [3.8, 4) is 0 Å². The standard InChI is InChI=1S/C11H23NO2/c1-6-10(2,3)8-14-11(4,5)7-9(12)13/h6-8H2,1-5H3,(H2,12,13). The highest BCUT2D eigenvalue weighted by Crippen LogP contribution is 2.24. The molecule has 0 spiro atoms. The van der Waals surface area contributed by atoms with Crippen molar-refractivity contribution in [2.24, 2.45) is 11.1 Å². The van der Waals surface area contributed by atoms with Gasteiger partial charge in [-0.1, -0.05) is 20.8 Å². The molecule has 0 radical (unpaired) electrons. The molecule has 0 fully saturated rings. The Kier molecular flexibility index (Phi) is 4.59. The fraction of sp³-hybridized carbons (Fsp3) is 0.909. The van der Waals surface area contributed by atoms with E-state index in [-0.39, 0.29) is 17.7 Å². The van der Waals surface area contributed by atoms with Crippen LogP contribution in [0.1, 0.15) is 47.5 Å². The Morgan fingerprint density at radius 2 is 1.79 bits per heavy atom. The Morgan fingerprint density at radius 1 is 1.29 bits per heavy atom. The topological polar surface area (TPSA) is 52.3 Å². The Bertz CT molecular complexity index is 197. The second-order valence-electron chi connectivity index (χ2n) is 5.21. The van der Waals surface area contributed by atoms with Crippen LogP contribution in [-0.4, -0.2) is 18.1 Å². The summed E-state index contributed by atoms with van der Waals surface area (Å²) in [5.41, 5.74) is 4.85. The van der Waals surface area contributed by atoms with Crippen LogP contribution in [0.25, 0.3) is 0 Å². The second kappa shape index (κ2) is 4.78. The number of amides is 1. The molecular weight excluding hydrogens is 178 g/mol. The summed E-state index contributed by atoms with van der Waals surface area (Å²) in [6, 6.07) is 0. The lowest BCUT2D eigenvalue weighted by atomic mass is 9.91. The van der Waals surface area contributed by atoms with E-state index < -0.39 is 5.60 Å². The predicted molar refractivity (Wildman–Crippen MR) is 57.9 cm³/mol. The zero-order valence-electron chi connectivity index (χ0n) is 10.0. The highest BCUT2D eigenvalue weighted by Gasteiger charge is 2.25. The molecule has 14 heavy (non-hydrogen) atoms. The summed E-state index contributed by atoms with van der Waals surface area (Å²) in [6.45, 7) is 10.9. The van der Waals surface area contributed by atoms with E-state index in [1.54, 1.807) is 0 Å². The van der Waals surface area contributed by atoms with Gasteiger partial charge in [-0.05, 0) is 25.7 Å². The summed E-state index contributed by atoms with van der Waals surface area (Å²) in [5, 5.41) is 0. The number of carbonyl (C=O) groups excluding carboxylic acids is 1. The lowest BCUT2D eigenvalue weighted by Gasteiger charge is -2.30. The van der Waals surface area contributed by atoms with Crippen molar-refractivity contribution in [3.05, 3.63) is 0 Å². The molecule has 3 nitrogen and oxygen atoms in total. The van der Waals surface area contributed by atoms with Crippen LogP contribution in [-0.2, 0) is 9.53 Å². The summed E-state index contributed by atoms with van der Waals surface area (Å²) in [4.78, 5) is 10.8. The van der Waals surface area contributed by atoms with Crippen molar-refractivity contribution in [2.75, 3.05) is 6.61 Å². The van der Waals surface area contributed by atoms with Crippen LogP contribution in [0.15, 0.2) is 0 Å². The van der Waals surface area contributed by atoms with E-state index in [1.165, 1.54) is 0 Å². The molecular formula is C11H23NO2. The molecule has 0 atom stereocenters. The quantitative estimate of drug-likeness (QED) is 0.715. The molecule has 0 aromatic rings. The Hall–Kier alpha value is -0.570. The van der Waals surface area contributed by atoms with Gasteiger partial charge in [-0.2, -0.15) is 0 Å². The number of hydrogen-bond acceptors (Lipinski definition) is 2. The maximum Gasteiger partial charge on any atom is 0.220 e. The fourth-order valence-corrected chi connectivity index (χ4v) is 0.963. The van der Waals surface area contributed by atoms with Crippen LogP contribution in [0, 0.1) is 5.41 Å². The molecule has 0 saturated carbocycles. The fourth-order valence-electron chi connectivity index (χ4n) is 0.963. The van der Waals surface area contributed by atoms with Gasteiger partial charge in [0.1, 0.15) is 0 Å². The van der Waals surface area contributed by atoms with Gasteiger partial charge >= 0.3 is 0 Å². The molecule has 0 unspecified atom stereocenters. The monoisotopic (exact) mass is 201 g/mol. The first kappa shape index (κ1) is 13.4. The van der Waals surface area contributed by atoms with Crippen LogP contribution in [0.4, 0.5) is 0 Å². The highest BCUT2D eigenvalue weighted by molar-refractivity contribution is 5.74. The molecule has 0 heterocycles. The minimum atomic E-state index is -0.446. The minimum Gasteiger partial charge on any atom is -0.374 e. The molecule has 0 rings (SSSR count). The maximum atomic E-state index is 10.8. The number of nitrogens with two attached hydrogens (primary N) is 1. The van der Waals surface area contributed by atoms with Gasteiger partial charge in [0, 0.05) is 0 Å². The summed E-state index contributed by atoms with van der Waals surface area (Å²) in [5.74, 6) is -0.315. The van der Waals surface area contributed by atoms with Gasteiger partial charge in [0.15, 0.2) is 0 Å². The Labute approximate surface area is 87.0 Å². The molecule has 0 aromatic heterocycles. The van der Waals surface area contributed by atoms with Gasteiger partial charge in [-0.15, -0.1) is 0 Å². The van der Waals surface area contributed by atoms with E-state index in [9.17, 15) is 4.79 Å². The van der Waals surface area contributed by atoms with E-state index in [0.29, 0.717) is 6.61 Å². The van der Waals surface area contributed by atoms with E-state index in [4.69, 9.17) is 10.5 Å². The molecule has 0 aliphatic rings.